The number of para-hydroxylation sites is 1. The van der Waals surface area contributed by atoms with E-state index in [1.165, 1.54) is 0 Å². The minimum absolute atomic E-state index is 0.00402. The zero-order valence-electron chi connectivity index (χ0n) is 16.7. The van der Waals surface area contributed by atoms with Gasteiger partial charge in [0.1, 0.15) is 11.6 Å². The molecular weight excluding hydrogens is 432 g/mol. The van der Waals surface area contributed by atoms with Crippen LogP contribution in [0.15, 0.2) is 51.7 Å². The van der Waals surface area contributed by atoms with E-state index in [-0.39, 0.29) is 11.7 Å². The summed E-state index contributed by atoms with van der Waals surface area (Å²) in [5.41, 5.74) is 1.36. The van der Waals surface area contributed by atoms with E-state index in [1.807, 2.05) is 56.3 Å². The van der Waals surface area contributed by atoms with Gasteiger partial charge < -0.3 is 10.1 Å². The van der Waals surface area contributed by atoms with Crippen molar-refractivity contribution in [1.82, 2.24) is 19.8 Å². The number of aromatic nitrogens is 2. The lowest BCUT2D eigenvalue weighted by atomic mass is 10.2. The number of nitrogens with one attached hydrogen (secondary N) is 1. The summed E-state index contributed by atoms with van der Waals surface area (Å²) in [4.78, 5) is 20.8. The number of piperazine rings is 1. The summed E-state index contributed by atoms with van der Waals surface area (Å²) in [5, 5.41) is 3.97. The maximum absolute atomic E-state index is 13.6. The third-order valence-corrected chi connectivity index (χ3v) is 5.44. The zero-order valence-corrected chi connectivity index (χ0v) is 18.3. The van der Waals surface area contributed by atoms with Gasteiger partial charge in [-0.1, -0.05) is 28.1 Å². The van der Waals surface area contributed by atoms with Crippen molar-refractivity contribution in [3.8, 4) is 11.4 Å². The number of ether oxygens (including phenoxy) is 1. The van der Waals surface area contributed by atoms with Gasteiger partial charge in [0.05, 0.1) is 29.2 Å². The zero-order chi connectivity index (χ0) is 20.4. The van der Waals surface area contributed by atoms with Crippen molar-refractivity contribution in [3.05, 3.63) is 63.1 Å². The van der Waals surface area contributed by atoms with Gasteiger partial charge in [0.25, 0.3) is 5.56 Å². The lowest BCUT2D eigenvalue weighted by Crippen LogP contribution is -2.44. The fraction of sp³-hybridized carbons (Fsp3) is 0.364. The molecule has 1 N–H and O–H groups in total. The number of benzene rings is 2. The molecule has 1 aromatic heterocycles. The highest BCUT2D eigenvalue weighted by molar-refractivity contribution is 9.10. The summed E-state index contributed by atoms with van der Waals surface area (Å²) < 4.78 is 8.64. The van der Waals surface area contributed by atoms with Crippen LogP contribution in [0.3, 0.4) is 0 Å². The summed E-state index contributed by atoms with van der Waals surface area (Å²) in [6.07, 6.45) is -0.00402. The minimum Gasteiger partial charge on any atom is -0.489 e. The van der Waals surface area contributed by atoms with Gasteiger partial charge in [-0.3, -0.25) is 14.3 Å². The molecule has 7 heteroatoms. The molecule has 1 aliphatic heterocycles. The molecule has 152 valence electrons. The third kappa shape index (κ3) is 4.37. The Hall–Kier alpha value is -2.22. The number of rotatable bonds is 5. The Morgan fingerprint density at radius 3 is 2.69 bits per heavy atom. The second-order valence-electron chi connectivity index (χ2n) is 7.49. The van der Waals surface area contributed by atoms with Gasteiger partial charge in [-0.15, -0.1) is 0 Å². The predicted molar refractivity (Wildman–Crippen MR) is 119 cm³/mol. The van der Waals surface area contributed by atoms with Crippen LogP contribution in [0.4, 0.5) is 0 Å². The van der Waals surface area contributed by atoms with Gasteiger partial charge in [0.15, 0.2) is 0 Å². The molecule has 2 heterocycles. The van der Waals surface area contributed by atoms with Crippen molar-refractivity contribution in [2.45, 2.75) is 26.5 Å². The maximum atomic E-state index is 13.6. The van der Waals surface area contributed by atoms with Crippen LogP contribution in [0.1, 0.15) is 19.7 Å². The normalized spacial score (nSPS) is 15.2. The van der Waals surface area contributed by atoms with Crippen LogP contribution in [0.5, 0.6) is 5.75 Å². The molecule has 0 saturated carbocycles. The molecule has 0 bridgehead atoms. The van der Waals surface area contributed by atoms with E-state index in [9.17, 15) is 4.79 Å². The Balaban J connectivity index is 1.92. The Morgan fingerprint density at radius 2 is 1.93 bits per heavy atom. The summed E-state index contributed by atoms with van der Waals surface area (Å²) in [7, 11) is 0. The summed E-state index contributed by atoms with van der Waals surface area (Å²) in [6.45, 7) is 8.30. The fourth-order valence-electron chi connectivity index (χ4n) is 3.62. The summed E-state index contributed by atoms with van der Waals surface area (Å²) in [5.74, 6) is 1.39. The van der Waals surface area contributed by atoms with E-state index in [0.29, 0.717) is 23.4 Å². The topological polar surface area (TPSA) is 59.4 Å². The van der Waals surface area contributed by atoms with Gasteiger partial charge in [-0.05, 0) is 44.2 Å². The lowest BCUT2D eigenvalue weighted by Gasteiger charge is -2.28. The maximum Gasteiger partial charge on any atom is 0.266 e. The largest absolute Gasteiger partial charge is 0.489 e. The first-order valence-electron chi connectivity index (χ1n) is 9.93. The van der Waals surface area contributed by atoms with E-state index in [2.05, 4.69) is 26.1 Å². The van der Waals surface area contributed by atoms with Gasteiger partial charge in [-0.25, -0.2) is 4.98 Å². The highest BCUT2D eigenvalue weighted by atomic mass is 79.9. The minimum atomic E-state index is -0.0764. The molecule has 2 aromatic carbocycles. The molecule has 0 spiro atoms. The average molecular weight is 457 g/mol. The molecule has 1 saturated heterocycles. The molecule has 0 amide bonds. The molecular formula is C22H25BrN4O2. The van der Waals surface area contributed by atoms with Crippen LogP contribution in [-0.2, 0) is 6.54 Å². The highest BCUT2D eigenvalue weighted by Crippen LogP contribution is 2.28. The predicted octanol–water partition coefficient (Wildman–Crippen LogP) is 3.34. The lowest BCUT2D eigenvalue weighted by molar-refractivity contribution is 0.225. The quantitative estimate of drug-likeness (QED) is 0.637. The number of nitrogens with zero attached hydrogens (tertiary/aromatic N) is 3. The first-order chi connectivity index (χ1) is 14.0. The van der Waals surface area contributed by atoms with Gasteiger partial charge in [0, 0.05) is 30.7 Å². The van der Waals surface area contributed by atoms with Gasteiger partial charge >= 0.3 is 0 Å². The van der Waals surface area contributed by atoms with E-state index in [4.69, 9.17) is 9.72 Å². The second-order valence-corrected chi connectivity index (χ2v) is 8.41. The number of halogens is 1. The first-order valence-corrected chi connectivity index (χ1v) is 10.7. The van der Waals surface area contributed by atoms with Gasteiger partial charge in [0.2, 0.25) is 0 Å². The Labute approximate surface area is 178 Å². The van der Waals surface area contributed by atoms with Crippen molar-refractivity contribution in [2.24, 2.45) is 0 Å². The van der Waals surface area contributed by atoms with Crippen LogP contribution in [0.2, 0.25) is 0 Å². The molecule has 0 unspecified atom stereocenters. The van der Waals surface area contributed by atoms with Crippen LogP contribution in [0, 0.1) is 0 Å². The monoisotopic (exact) mass is 456 g/mol. The van der Waals surface area contributed by atoms with Crippen LogP contribution >= 0.6 is 15.9 Å². The van der Waals surface area contributed by atoms with Crippen LogP contribution < -0.4 is 15.6 Å². The van der Waals surface area contributed by atoms with E-state index in [0.717, 1.165) is 42.0 Å². The smallest absolute Gasteiger partial charge is 0.266 e. The van der Waals surface area contributed by atoms with Crippen molar-refractivity contribution >= 4 is 26.8 Å². The Morgan fingerprint density at radius 1 is 1.17 bits per heavy atom. The highest BCUT2D eigenvalue weighted by Gasteiger charge is 2.20. The molecule has 0 radical (unpaired) electrons. The SMILES string of the molecule is CC(C)Oc1ccc(Br)cc1-n1c(CN2CCNCC2)nc2ccccc2c1=O. The molecule has 4 rings (SSSR count). The Bertz CT molecular complexity index is 1070. The van der Waals surface area contributed by atoms with E-state index in [1.54, 1.807) is 4.57 Å². The van der Waals surface area contributed by atoms with Crippen molar-refractivity contribution < 1.29 is 4.74 Å². The van der Waals surface area contributed by atoms with E-state index < -0.39 is 0 Å². The number of hydrogen-bond donors (Lipinski definition) is 1. The van der Waals surface area contributed by atoms with Crippen LogP contribution in [-0.4, -0.2) is 46.7 Å². The second kappa shape index (κ2) is 8.65. The Kier molecular flexibility index (Phi) is 5.99. The average Bonchev–Trinajstić information content (AvgIpc) is 2.70. The number of hydrogen-bond acceptors (Lipinski definition) is 5. The summed E-state index contributed by atoms with van der Waals surface area (Å²) >= 11 is 3.55. The molecule has 29 heavy (non-hydrogen) atoms. The molecule has 6 nitrogen and oxygen atoms in total. The van der Waals surface area contributed by atoms with Crippen molar-refractivity contribution in [3.63, 3.8) is 0 Å². The van der Waals surface area contributed by atoms with Crippen molar-refractivity contribution in [1.29, 1.82) is 0 Å². The van der Waals surface area contributed by atoms with Gasteiger partial charge in [-0.2, -0.15) is 0 Å². The van der Waals surface area contributed by atoms with Crippen molar-refractivity contribution in [2.75, 3.05) is 26.2 Å². The van der Waals surface area contributed by atoms with E-state index >= 15 is 0 Å². The molecule has 0 atom stereocenters. The standard InChI is InChI=1S/C22H25BrN4O2/c1-15(2)29-20-8-7-16(23)13-19(20)27-21(14-26-11-9-24-10-12-26)25-18-6-4-3-5-17(18)22(27)28/h3-8,13,15,24H,9-12,14H2,1-2H3. The fourth-order valence-corrected chi connectivity index (χ4v) is 3.97. The first kappa shape index (κ1) is 20.1. The summed E-state index contributed by atoms with van der Waals surface area (Å²) in [6, 6.07) is 13.3. The van der Waals surface area contributed by atoms with Crippen LogP contribution in [0.25, 0.3) is 16.6 Å². The molecule has 0 aliphatic carbocycles. The molecule has 1 aliphatic rings. The third-order valence-electron chi connectivity index (χ3n) is 4.94. The number of fused-ring (bicyclic) bond motifs is 1. The molecule has 1 fully saturated rings. The molecule has 3 aromatic rings.